The molecule has 0 aliphatic rings. The molecule has 0 atom stereocenters. The molecule has 0 unspecified atom stereocenters. The second-order valence-corrected chi connectivity index (χ2v) is 5.50. The van der Waals surface area contributed by atoms with Crippen molar-refractivity contribution in [1.82, 2.24) is 9.97 Å². The number of hydrogen-bond donors (Lipinski definition) is 1. The molecule has 0 aliphatic heterocycles. The Kier molecular flexibility index (Phi) is 5.80. The molecule has 0 radical (unpaired) electrons. The minimum Gasteiger partial charge on any atom is -0.477 e. The fourth-order valence-corrected chi connectivity index (χ4v) is 2.63. The Hall–Kier alpha value is -1.62. The summed E-state index contributed by atoms with van der Waals surface area (Å²) in [5, 5.41) is 5.42. The van der Waals surface area contributed by atoms with Crippen LogP contribution in [0.3, 0.4) is 0 Å². The molecule has 1 N–H and O–H groups in total. The molecule has 108 valence electrons. The monoisotopic (exact) mass is 291 g/mol. The molecule has 2 aromatic heterocycles. The van der Waals surface area contributed by atoms with Crippen LogP contribution in [0.5, 0.6) is 5.88 Å². The molecule has 0 saturated carbocycles. The predicted octanol–water partition coefficient (Wildman–Crippen LogP) is 3.54. The highest BCUT2D eigenvalue weighted by Crippen LogP contribution is 2.22. The van der Waals surface area contributed by atoms with E-state index < -0.39 is 0 Å². The van der Waals surface area contributed by atoms with Crippen molar-refractivity contribution in [2.24, 2.45) is 0 Å². The van der Waals surface area contributed by atoms with E-state index in [2.05, 4.69) is 46.6 Å². The number of thiophene rings is 1. The van der Waals surface area contributed by atoms with E-state index in [1.807, 2.05) is 0 Å². The Morgan fingerprint density at radius 3 is 2.90 bits per heavy atom. The van der Waals surface area contributed by atoms with Gasteiger partial charge in [0.1, 0.15) is 12.1 Å². The second-order valence-electron chi connectivity index (χ2n) is 4.46. The topological polar surface area (TPSA) is 47.0 Å². The van der Waals surface area contributed by atoms with E-state index in [4.69, 9.17) is 4.74 Å². The predicted molar refractivity (Wildman–Crippen MR) is 83.7 cm³/mol. The third kappa shape index (κ3) is 3.93. The highest BCUT2D eigenvalue weighted by Gasteiger charge is 2.10. The molecule has 0 amide bonds. The maximum absolute atomic E-state index is 5.84. The Labute approximate surface area is 124 Å². The van der Waals surface area contributed by atoms with E-state index in [1.165, 1.54) is 4.88 Å². The summed E-state index contributed by atoms with van der Waals surface area (Å²) in [7, 11) is 0. The highest BCUT2D eigenvalue weighted by molar-refractivity contribution is 7.09. The van der Waals surface area contributed by atoms with Crippen molar-refractivity contribution in [2.75, 3.05) is 18.5 Å². The van der Waals surface area contributed by atoms with Crippen LogP contribution in [0.4, 0.5) is 5.82 Å². The normalized spacial score (nSPS) is 10.5. The van der Waals surface area contributed by atoms with Crippen LogP contribution < -0.4 is 10.1 Å². The van der Waals surface area contributed by atoms with Gasteiger partial charge in [0.2, 0.25) is 5.88 Å². The zero-order valence-corrected chi connectivity index (χ0v) is 12.9. The number of hydrogen-bond acceptors (Lipinski definition) is 5. The van der Waals surface area contributed by atoms with Crippen molar-refractivity contribution >= 4 is 17.2 Å². The third-order valence-corrected chi connectivity index (χ3v) is 3.91. The van der Waals surface area contributed by atoms with E-state index in [9.17, 15) is 0 Å². The van der Waals surface area contributed by atoms with Gasteiger partial charge in [-0.15, -0.1) is 11.3 Å². The van der Waals surface area contributed by atoms with Crippen molar-refractivity contribution in [2.45, 2.75) is 33.1 Å². The van der Waals surface area contributed by atoms with Gasteiger partial charge in [0.05, 0.1) is 12.2 Å². The molecular formula is C15H21N3OS. The van der Waals surface area contributed by atoms with E-state index in [0.29, 0.717) is 12.5 Å². The fraction of sp³-hybridized carbons (Fsp3) is 0.467. The van der Waals surface area contributed by atoms with Crippen molar-refractivity contribution in [3.05, 3.63) is 34.3 Å². The average molecular weight is 291 g/mol. The first-order chi connectivity index (χ1) is 9.85. The first-order valence-electron chi connectivity index (χ1n) is 7.08. The summed E-state index contributed by atoms with van der Waals surface area (Å²) < 4.78 is 5.84. The number of nitrogens with zero attached hydrogens (tertiary/aromatic N) is 2. The SMILES string of the molecule is CCCNc1ncnc(OCCc2cccs2)c1CC. The standard InChI is InChI=1S/C15H21N3OS/c1-3-8-16-14-13(4-2)15(18-11-17-14)19-9-7-12-6-5-10-20-12/h5-6,10-11H,3-4,7-9H2,1-2H3,(H,16,17,18). The van der Waals surface area contributed by atoms with Crippen LogP contribution in [0.25, 0.3) is 0 Å². The highest BCUT2D eigenvalue weighted by atomic mass is 32.1. The third-order valence-electron chi connectivity index (χ3n) is 2.97. The number of anilines is 1. The maximum atomic E-state index is 5.84. The van der Waals surface area contributed by atoms with E-state index >= 15 is 0 Å². The lowest BCUT2D eigenvalue weighted by Crippen LogP contribution is -2.09. The van der Waals surface area contributed by atoms with Gasteiger partial charge in [0.15, 0.2) is 0 Å². The number of rotatable bonds is 8. The van der Waals surface area contributed by atoms with Gasteiger partial charge in [-0.1, -0.05) is 19.9 Å². The lowest BCUT2D eigenvalue weighted by molar-refractivity contribution is 0.306. The van der Waals surface area contributed by atoms with Crippen LogP contribution in [0.15, 0.2) is 23.8 Å². The van der Waals surface area contributed by atoms with Gasteiger partial charge >= 0.3 is 0 Å². The molecule has 0 fully saturated rings. The first kappa shape index (κ1) is 14.8. The maximum Gasteiger partial charge on any atom is 0.221 e. The van der Waals surface area contributed by atoms with Crippen molar-refractivity contribution in [1.29, 1.82) is 0 Å². The number of nitrogens with one attached hydrogen (secondary N) is 1. The molecular weight excluding hydrogens is 270 g/mol. The number of ether oxygens (including phenoxy) is 1. The summed E-state index contributed by atoms with van der Waals surface area (Å²) in [6, 6.07) is 4.19. The summed E-state index contributed by atoms with van der Waals surface area (Å²) in [6.45, 7) is 5.80. The van der Waals surface area contributed by atoms with Gasteiger partial charge < -0.3 is 10.1 Å². The molecule has 2 rings (SSSR count). The molecule has 20 heavy (non-hydrogen) atoms. The molecule has 4 nitrogen and oxygen atoms in total. The van der Waals surface area contributed by atoms with Crippen LogP contribution in [0.2, 0.25) is 0 Å². The molecule has 0 aliphatic carbocycles. The molecule has 0 bridgehead atoms. The zero-order valence-electron chi connectivity index (χ0n) is 12.1. The van der Waals surface area contributed by atoms with Crippen LogP contribution in [-0.4, -0.2) is 23.1 Å². The molecule has 5 heteroatoms. The number of aromatic nitrogens is 2. The Morgan fingerprint density at radius 1 is 1.30 bits per heavy atom. The minimum absolute atomic E-state index is 0.651. The zero-order chi connectivity index (χ0) is 14.2. The van der Waals surface area contributed by atoms with Crippen molar-refractivity contribution in [3.8, 4) is 5.88 Å². The molecule has 0 saturated heterocycles. The van der Waals surface area contributed by atoms with E-state index in [0.717, 1.165) is 37.2 Å². The van der Waals surface area contributed by atoms with Gasteiger partial charge in [-0.05, 0) is 24.3 Å². The van der Waals surface area contributed by atoms with Gasteiger partial charge in [-0.2, -0.15) is 0 Å². The van der Waals surface area contributed by atoms with E-state index in [-0.39, 0.29) is 0 Å². The van der Waals surface area contributed by atoms with Crippen LogP contribution in [0.1, 0.15) is 30.7 Å². The fourth-order valence-electron chi connectivity index (χ4n) is 1.94. The van der Waals surface area contributed by atoms with Gasteiger partial charge in [-0.25, -0.2) is 9.97 Å². The average Bonchev–Trinajstić information content (AvgIpc) is 2.98. The van der Waals surface area contributed by atoms with Crippen LogP contribution in [-0.2, 0) is 12.8 Å². The molecule has 0 spiro atoms. The van der Waals surface area contributed by atoms with Crippen LogP contribution >= 0.6 is 11.3 Å². The van der Waals surface area contributed by atoms with Gasteiger partial charge in [0.25, 0.3) is 0 Å². The summed E-state index contributed by atoms with van der Waals surface area (Å²) in [6.07, 6.45) is 4.42. The Bertz CT molecular complexity index is 514. The lowest BCUT2D eigenvalue weighted by atomic mass is 10.2. The summed E-state index contributed by atoms with van der Waals surface area (Å²) in [5.41, 5.74) is 1.06. The van der Waals surface area contributed by atoms with Crippen molar-refractivity contribution < 1.29 is 4.74 Å². The van der Waals surface area contributed by atoms with Gasteiger partial charge in [-0.3, -0.25) is 0 Å². The van der Waals surface area contributed by atoms with E-state index in [1.54, 1.807) is 17.7 Å². The Balaban J connectivity index is 1.99. The van der Waals surface area contributed by atoms with Crippen LogP contribution in [0, 0.1) is 0 Å². The summed E-state index contributed by atoms with van der Waals surface area (Å²) in [4.78, 5) is 9.91. The first-order valence-corrected chi connectivity index (χ1v) is 7.96. The lowest BCUT2D eigenvalue weighted by Gasteiger charge is -2.13. The summed E-state index contributed by atoms with van der Waals surface area (Å²) >= 11 is 1.76. The summed E-state index contributed by atoms with van der Waals surface area (Å²) in [5.74, 6) is 1.60. The molecule has 0 aromatic carbocycles. The molecule has 2 aromatic rings. The minimum atomic E-state index is 0.651. The second kappa shape index (κ2) is 7.85. The van der Waals surface area contributed by atoms with Crippen molar-refractivity contribution in [3.63, 3.8) is 0 Å². The Morgan fingerprint density at radius 2 is 2.20 bits per heavy atom. The largest absolute Gasteiger partial charge is 0.477 e. The van der Waals surface area contributed by atoms with Gasteiger partial charge in [0, 0.05) is 17.8 Å². The smallest absolute Gasteiger partial charge is 0.221 e. The quantitative estimate of drug-likeness (QED) is 0.808. The molecule has 2 heterocycles.